The highest BCUT2D eigenvalue weighted by Crippen LogP contribution is 2.36. The van der Waals surface area contributed by atoms with Crippen molar-refractivity contribution in [3.05, 3.63) is 29.3 Å². The molecular weight excluding hydrogens is 206 g/mol. The molecule has 0 saturated heterocycles. The maximum absolute atomic E-state index is 3.69. The van der Waals surface area contributed by atoms with Crippen LogP contribution in [-0.4, -0.2) is 6.04 Å². The van der Waals surface area contributed by atoms with Gasteiger partial charge in [0.25, 0.3) is 0 Å². The quantitative estimate of drug-likeness (QED) is 0.779. The average molecular weight is 231 g/mol. The maximum Gasteiger partial charge on any atom is 0.0345 e. The summed E-state index contributed by atoms with van der Waals surface area (Å²) in [5.41, 5.74) is 4.60. The third kappa shape index (κ3) is 3.24. The van der Waals surface area contributed by atoms with E-state index in [2.05, 4.69) is 51.2 Å². The molecular formula is C16H25N. The van der Waals surface area contributed by atoms with Crippen LogP contribution in [0.1, 0.15) is 50.7 Å². The van der Waals surface area contributed by atoms with Crippen molar-refractivity contribution in [2.75, 3.05) is 5.32 Å². The van der Waals surface area contributed by atoms with Crippen LogP contribution in [0.25, 0.3) is 0 Å². The molecule has 1 aromatic carbocycles. The highest BCUT2D eigenvalue weighted by atomic mass is 14.9. The molecule has 0 aromatic heterocycles. The molecule has 94 valence electrons. The summed E-state index contributed by atoms with van der Waals surface area (Å²) < 4.78 is 0. The maximum atomic E-state index is 3.69. The lowest BCUT2D eigenvalue weighted by Crippen LogP contribution is -2.29. The van der Waals surface area contributed by atoms with Crippen molar-refractivity contribution in [3.63, 3.8) is 0 Å². The van der Waals surface area contributed by atoms with Gasteiger partial charge in [0.1, 0.15) is 0 Å². The molecule has 0 amide bonds. The van der Waals surface area contributed by atoms with Gasteiger partial charge >= 0.3 is 0 Å². The van der Waals surface area contributed by atoms with Gasteiger partial charge in [-0.05, 0) is 68.2 Å². The van der Waals surface area contributed by atoms with Crippen molar-refractivity contribution in [1.29, 1.82) is 0 Å². The van der Waals surface area contributed by atoms with E-state index in [0.717, 1.165) is 0 Å². The zero-order valence-electron chi connectivity index (χ0n) is 11.6. The minimum Gasteiger partial charge on any atom is -0.382 e. The number of aryl methyl sites for hydroxylation is 2. The molecule has 1 aliphatic carbocycles. The summed E-state index contributed by atoms with van der Waals surface area (Å²) in [6, 6.07) is 7.37. The Morgan fingerprint density at radius 3 is 2.29 bits per heavy atom. The second-order valence-electron chi connectivity index (χ2n) is 6.38. The van der Waals surface area contributed by atoms with Crippen molar-refractivity contribution >= 4 is 5.69 Å². The Hall–Kier alpha value is -0.980. The van der Waals surface area contributed by atoms with Crippen LogP contribution in [0.4, 0.5) is 5.69 Å². The fourth-order valence-electron chi connectivity index (χ4n) is 2.61. The molecule has 1 saturated carbocycles. The molecule has 0 atom stereocenters. The lowest BCUT2D eigenvalue weighted by Gasteiger charge is -2.35. The van der Waals surface area contributed by atoms with Crippen LogP contribution < -0.4 is 5.32 Å². The van der Waals surface area contributed by atoms with Gasteiger partial charge in [0, 0.05) is 11.7 Å². The van der Waals surface area contributed by atoms with Gasteiger partial charge in [-0.1, -0.05) is 19.9 Å². The van der Waals surface area contributed by atoms with Gasteiger partial charge in [0.05, 0.1) is 0 Å². The molecule has 2 rings (SSSR count). The lowest BCUT2D eigenvalue weighted by atomic mass is 9.75. The first-order valence-corrected chi connectivity index (χ1v) is 6.80. The predicted octanol–water partition coefficient (Wildman–Crippen LogP) is 4.68. The molecule has 17 heavy (non-hydrogen) atoms. The van der Waals surface area contributed by atoms with Crippen molar-refractivity contribution in [1.82, 2.24) is 0 Å². The van der Waals surface area contributed by atoms with E-state index in [1.165, 1.54) is 42.5 Å². The van der Waals surface area contributed by atoms with E-state index in [4.69, 9.17) is 0 Å². The Labute approximate surface area is 106 Å². The summed E-state index contributed by atoms with van der Waals surface area (Å²) >= 11 is 0. The zero-order chi connectivity index (χ0) is 12.5. The van der Waals surface area contributed by atoms with Crippen molar-refractivity contribution in [3.8, 4) is 0 Å². The third-order valence-electron chi connectivity index (χ3n) is 4.22. The number of hydrogen-bond donors (Lipinski definition) is 1. The third-order valence-corrected chi connectivity index (χ3v) is 4.22. The molecule has 1 aromatic rings. The van der Waals surface area contributed by atoms with Crippen LogP contribution in [-0.2, 0) is 0 Å². The van der Waals surface area contributed by atoms with E-state index in [1.807, 2.05) is 0 Å². The summed E-state index contributed by atoms with van der Waals surface area (Å²) in [6.07, 6.45) is 5.30. The van der Waals surface area contributed by atoms with Gasteiger partial charge in [0.2, 0.25) is 0 Å². The van der Waals surface area contributed by atoms with Crippen molar-refractivity contribution in [2.45, 2.75) is 59.4 Å². The Kier molecular flexibility index (Phi) is 3.46. The van der Waals surface area contributed by atoms with Gasteiger partial charge in [-0.2, -0.15) is 0 Å². The largest absolute Gasteiger partial charge is 0.382 e. The number of anilines is 1. The fraction of sp³-hybridized carbons (Fsp3) is 0.625. The summed E-state index contributed by atoms with van der Waals surface area (Å²) in [5, 5.41) is 3.69. The molecule has 0 unspecified atom stereocenters. The Bertz CT molecular complexity index is 383. The molecule has 0 bridgehead atoms. The lowest BCUT2D eigenvalue weighted by molar-refractivity contribution is 0.232. The smallest absolute Gasteiger partial charge is 0.0345 e. The van der Waals surface area contributed by atoms with Crippen molar-refractivity contribution < 1.29 is 0 Å². The molecule has 0 heterocycles. The van der Waals surface area contributed by atoms with E-state index in [-0.39, 0.29) is 0 Å². The van der Waals surface area contributed by atoms with Gasteiger partial charge in [-0.25, -0.2) is 0 Å². The minimum atomic E-state index is 0.557. The van der Waals surface area contributed by atoms with Crippen LogP contribution in [0.5, 0.6) is 0 Å². The standard InChI is InChI=1S/C16H25N/c1-12-5-6-15(11-13(12)2)17-14-7-9-16(3,4)10-8-14/h5-6,11,14,17H,7-10H2,1-4H3. The Morgan fingerprint density at radius 1 is 1.06 bits per heavy atom. The molecule has 1 aliphatic rings. The van der Waals surface area contributed by atoms with E-state index in [1.54, 1.807) is 0 Å². The van der Waals surface area contributed by atoms with Gasteiger partial charge in [0.15, 0.2) is 0 Å². The molecule has 1 N–H and O–H groups in total. The summed E-state index contributed by atoms with van der Waals surface area (Å²) in [7, 11) is 0. The number of rotatable bonds is 2. The van der Waals surface area contributed by atoms with E-state index < -0.39 is 0 Å². The number of benzene rings is 1. The fourth-order valence-corrected chi connectivity index (χ4v) is 2.61. The Morgan fingerprint density at radius 2 is 1.71 bits per heavy atom. The Balaban J connectivity index is 1.95. The molecule has 1 heteroatoms. The van der Waals surface area contributed by atoms with E-state index in [9.17, 15) is 0 Å². The summed E-state index contributed by atoms with van der Waals surface area (Å²) in [6.45, 7) is 9.13. The normalized spacial score (nSPS) is 20.2. The highest BCUT2D eigenvalue weighted by Gasteiger charge is 2.26. The predicted molar refractivity (Wildman–Crippen MR) is 75.6 cm³/mol. The van der Waals surface area contributed by atoms with E-state index in [0.29, 0.717) is 11.5 Å². The minimum absolute atomic E-state index is 0.557. The highest BCUT2D eigenvalue weighted by molar-refractivity contribution is 5.48. The molecule has 1 fully saturated rings. The van der Waals surface area contributed by atoms with E-state index >= 15 is 0 Å². The molecule has 0 spiro atoms. The first kappa shape index (κ1) is 12.5. The molecule has 0 aliphatic heterocycles. The molecule has 0 radical (unpaired) electrons. The van der Waals surface area contributed by atoms with Crippen LogP contribution in [0.2, 0.25) is 0 Å². The topological polar surface area (TPSA) is 12.0 Å². The van der Waals surface area contributed by atoms with Gasteiger partial charge < -0.3 is 5.32 Å². The second-order valence-corrected chi connectivity index (χ2v) is 6.38. The van der Waals surface area contributed by atoms with Gasteiger partial charge in [-0.3, -0.25) is 0 Å². The van der Waals surface area contributed by atoms with Crippen LogP contribution in [0.15, 0.2) is 18.2 Å². The zero-order valence-corrected chi connectivity index (χ0v) is 11.6. The van der Waals surface area contributed by atoms with Crippen molar-refractivity contribution in [2.24, 2.45) is 5.41 Å². The number of hydrogen-bond acceptors (Lipinski definition) is 1. The molecule has 1 nitrogen and oxygen atoms in total. The monoisotopic (exact) mass is 231 g/mol. The first-order chi connectivity index (χ1) is 7.96. The van der Waals surface area contributed by atoms with Gasteiger partial charge in [-0.15, -0.1) is 0 Å². The van der Waals surface area contributed by atoms with Crippen LogP contribution >= 0.6 is 0 Å². The average Bonchev–Trinajstić information content (AvgIpc) is 2.27. The van der Waals surface area contributed by atoms with Crippen LogP contribution in [0, 0.1) is 19.3 Å². The second kappa shape index (κ2) is 4.72. The first-order valence-electron chi connectivity index (χ1n) is 6.80. The van der Waals surface area contributed by atoms with Crippen LogP contribution in [0.3, 0.4) is 0 Å². The SMILES string of the molecule is Cc1ccc(NC2CCC(C)(C)CC2)cc1C. The summed E-state index contributed by atoms with van der Waals surface area (Å²) in [4.78, 5) is 0. The number of nitrogens with one attached hydrogen (secondary N) is 1. The summed E-state index contributed by atoms with van der Waals surface area (Å²) in [5.74, 6) is 0.